The molecular formula is C14H26N2O. The van der Waals surface area contributed by atoms with E-state index in [-0.39, 0.29) is 5.56 Å². The van der Waals surface area contributed by atoms with Crippen molar-refractivity contribution in [1.82, 2.24) is 9.78 Å². The van der Waals surface area contributed by atoms with Crippen molar-refractivity contribution >= 4 is 0 Å². The molecular weight excluding hydrogens is 212 g/mol. The molecule has 3 heteroatoms. The van der Waals surface area contributed by atoms with Gasteiger partial charge < -0.3 is 0 Å². The number of aromatic amines is 1. The molecule has 0 bridgehead atoms. The summed E-state index contributed by atoms with van der Waals surface area (Å²) in [4.78, 5) is 12.3. The normalized spacial score (nSPS) is 11.7. The summed E-state index contributed by atoms with van der Waals surface area (Å²) in [7, 11) is 0. The Morgan fingerprint density at radius 3 is 2.29 bits per heavy atom. The zero-order chi connectivity index (χ0) is 13.0. The summed E-state index contributed by atoms with van der Waals surface area (Å²) >= 11 is 0. The molecule has 0 aliphatic heterocycles. The van der Waals surface area contributed by atoms with Gasteiger partial charge in [0.05, 0.1) is 0 Å². The first kappa shape index (κ1) is 14.1. The monoisotopic (exact) mass is 238 g/mol. The fourth-order valence-electron chi connectivity index (χ4n) is 2.14. The first-order chi connectivity index (χ1) is 7.95. The van der Waals surface area contributed by atoms with Gasteiger partial charge in [0.1, 0.15) is 0 Å². The molecule has 1 heterocycles. The average molecular weight is 238 g/mol. The molecule has 0 unspecified atom stereocenters. The molecule has 17 heavy (non-hydrogen) atoms. The maximum atomic E-state index is 12.3. The van der Waals surface area contributed by atoms with E-state index >= 15 is 0 Å². The van der Waals surface area contributed by atoms with Crippen LogP contribution in [0.25, 0.3) is 0 Å². The highest BCUT2D eigenvalue weighted by atomic mass is 16.1. The molecule has 1 rings (SSSR count). The third-order valence-electron chi connectivity index (χ3n) is 2.80. The lowest BCUT2D eigenvalue weighted by molar-refractivity contribution is 0.469. The lowest BCUT2D eigenvalue weighted by atomic mass is 10.0. The Hall–Kier alpha value is -0.990. The summed E-state index contributed by atoms with van der Waals surface area (Å²) in [5.74, 6) is 1.02. The van der Waals surface area contributed by atoms with Gasteiger partial charge in [-0.3, -0.25) is 14.6 Å². The van der Waals surface area contributed by atoms with Gasteiger partial charge in [0, 0.05) is 17.8 Å². The second-order valence-corrected chi connectivity index (χ2v) is 5.73. The van der Waals surface area contributed by atoms with Crippen LogP contribution in [-0.2, 0) is 19.4 Å². The second kappa shape index (κ2) is 6.08. The van der Waals surface area contributed by atoms with E-state index in [2.05, 4.69) is 39.7 Å². The molecule has 0 atom stereocenters. The van der Waals surface area contributed by atoms with Crippen LogP contribution in [0.5, 0.6) is 0 Å². The van der Waals surface area contributed by atoms with Crippen molar-refractivity contribution < 1.29 is 0 Å². The number of aryl methyl sites for hydroxylation is 1. The van der Waals surface area contributed by atoms with E-state index in [9.17, 15) is 4.79 Å². The van der Waals surface area contributed by atoms with Gasteiger partial charge in [0.25, 0.3) is 5.56 Å². The standard InChI is InChI=1S/C14H26N2O/c1-6-7-13-12(8-10(2)3)14(17)16(15-13)9-11(4)5/h10-11,15H,6-9H2,1-5H3. The number of H-pyrrole nitrogens is 1. The molecule has 1 aromatic heterocycles. The molecule has 0 radical (unpaired) electrons. The van der Waals surface area contributed by atoms with Crippen molar-refractivity contribution in [2.45, 2.75) is 60.4 Å². The Kier molecular flexibility index (Phi) is 5.03. The van der Waals surface area contributed by atoms with Crippen molar-refractivity contribution in [3.8, 4) is 0 Å². The van der Waals surface area contributed by atoms with Crippen LogP contribution < -0.4 is 5.56 Å². The second-order valence-electron chi connectivity index (χ2n) is 5.73. The van der Waals surface area contributed by atoms with Crippen molar-refractivity contribution in [2.75, 3.05) is 0 Å². The van der Waals surface area contributed by atoms with Crippen molar-refractivity contribution in [3.05, 3.63) is 21.6 Å². The third-order valence-corrected chi connectivity index (χ3v) is 2.80. The Labute approximate surface area is 104 Å². The Morgan fingerprint density at radius 2 is 1.82 bits per heavy atom. The van der Waals surface area contributed by atoms with Crippen LogP contribution in [0.1, 0.15) is 52.3 Å². The smallest absolute Gasteiger partial charge is 0.269 e. The minimum absolute atomic E-state index is 0.191. The summed E-state index contributed by atoms with van der Waals surface area (Å²) in [6.07, 6.45) is 2.94. The van der Waals surface area contributed by atoms with E-state index < -0.39 is 0 Å². The van der Waals surface area contributed by atoms with Crippen LogP contribution >= 0.6 is 0 Å². The fourth-order valence-corrected chi connectivity index (χ4v) is 2.14. The van der Waals surface area contributed by atoms with E-state index in [4.69, 9.17) is 0 Å². The van der Waals surface area contributed by atoms with Crippen LogP contribution in [0.15, 0.2) is 4.79 Å². The first-order valence-corrected chi connectivity index (χ1v) is 6.76. The van der Waals surface area contributed by atoms with Gasteiger partial charge in [0.15, 0.2) is 0 Å². The molecule has 0 amide bonds. The molecule has 0 saturated carbocycles. The lowest BCUT2D eigenvalue weighted by Crippen LogP contribution is -2.22. The average Bonchev–Trinajstić information content (AvgIpc) is 2.46. The predicted octanol–water partition coefficient (Wildman–Crippen LogP) is 2.98. The molecule has 0 aliphatic rings. The summed E-state index contributed by atoms with van der Waals surface area (Å²) in [6.45, 7) is 11.5. The summed E-state index contributed by atoms with van der Waals surface area (Å²) in [5.41, 5.74) is 2.34. The topological polar surface area (TPSA) is 37.8 Å². The number of rotatable bonds is 6. The SMILES string of the molecule is CCCc1[nH]n(CC(C)C)c(=O)c1CC(C)C. The summed E-state index contributed by atoms with van der Waals surface area (Å²) in [5, 5.41) is 3.29. The highest BCUT2D eigenvalue weighted by molar-refractivity contribution is 5.18. The highest BCUT2D eigenvalue weighted by Crippen LogP contribution is 2.11. The molecule has 3 nitrogen and oxygen atoms in total. The number of nitrogens with one attached hydrogen (secondary N) is 1. The molecule has 0 fully saturated rings. The van der Waals surface area contributed by atoms with E-state index in [1.807, 2.05) is 0 Å². The first-order valence-electron chi connectivity index (χ1n) is 6.76. The van der Waals surface area contributed by atoms with Crippen molar-refractivity contribution in [1.29, 1.82) is 0 Å². The van der Waals surface area contributed by atoms with Crippen LogP contribution in [-0.4, -0.2) is 9.78 Å². The largest absolute Gasteiger partial charge is 0.299 e. The summed E-state index contributed by atoms with van der Waals surface area (Å²) in [6, 6.07) is 0. The maximum Gasteiger partial charge on any atom is 0.269 e. The zero-order valence-corrected chi connectivity index (χ0v) is 11.8. The minimum Gasteiger partial charge on any atom is -0.299 e. The van der Waals surface area contributed by atoms with Gasteiger partial charge >= 0.3 is 0 Å². The lowest BCUT2D eigenvalue weighted by Gasteiger charge is -2.04. The Morgan fingerprint density at radius 1 is 1.18 bits per heavy atom. The molecule has 0 spiro atoms. The number of hydrogen-bond donors (Lipinski definition) is 1. The Balaban J connectivity index is 3.06. The molecule has 98 valence electrons. The maximum absolute atomic E-state index is 12.3. The Bertz CT molecular complexity index is 399. The summed E-state index contributed by atoms with van der Waals surface area (Å²) < 4.78 is 1.79. The van der Waals surface area contributed by atoms with Gasteiger partial charge in [-0.1, -0.05) is 41.0 Å². The predicted molar refractivity (Wildman–Crippen MR) is 72.4 cm³/mol. The molecule has 1 aromatic rings. The number of hydrogen-bond acceptors (Lipinski definition) is 1. The number of nitrogens with zero attached hydrogens (tertiary/aromatic N) is 1. The van der Waals surface area contributed by atoms with Gasteiger partial charge in [0.2, 0.25) is 0 Å². The third kappa shape index (κ3) is 3.76. The van der Waals surface area contributed by atoms with Crippen LogP contribution in [0.4, 0.5) is 0 Å². The molecule has 1 N–H and O–H groups in total. The van der Waals surface area contributed by atoms with Gasteiger partial charge in [-0.05, 0) is 24.7 Å². The van der Waals surface area contributed by atoms with Crippen LogP contribution in [0.2, 0.25) is 0 Å². The van der Waals surface area contributed by atoms with Crippen molar-refractivity contribution in [3.63, 3.8) is 0 Å². The van der Waals surface area contributed by atoms with E-state index in [0.717, 1.165) is 37.1 Å². The van der Waals surface area contributed by atoms with Gasteiger partial charge in [-0.15, -0.1) is 0 Å². The van der Waals surface area contributed by atoms with Crippen molar-refractivity contribution in [2.24, 2.45) is 11.8 Å². The van der Waals surface area contributed by atoms with Crippen LogP contribution in [0.3, 0.4) is 0 Å². The molecule has 0 saturated heterocycles. The van der Waals surface area contributed by atoms with E-state index in [1.165, 1.54) is 0 Å². The van der Waals surface area contributed by atoms with E-state index in [1.54, 1.807) is 4.68 Å². The number of aromatic nitrogens is 2. The van der Waals surface area contributed by atoms with Gasteiger partial charge in [-0.25, -0.2) is 0 Å². The quantitative estimate of drug-likeness (QED) is 0.813. The van der Waals surface area contributed by atoms with E-state index in [0.29, 0.717) is 11.8 Å². The van der Waals surface area contributed by atoms with Gasteiger partial charge in [-0.2, -0.15) is 0 Å². The molecule has 0 aliphatic carbocycles. The molecule has 0 aromatic carbocycles. The minimum atomic E-state index is 0.191. The zero-order valence-electron chi connectivity index (χ0n) is 11.8. The highest BCUT2D eigenvalue weighted by Gasteiger charge is 2.15. The van der Waals surface area contributed by atoms with Crippen LogP contribution in [0, 0.1) is 11.8 Å². The fraction of sp³-hybridized carbons (Fsp3) is 0.786.